The highest BCUT2D eigenvalue weighted by molar-refractivity contribution is 8.26. The second-order valence-electron chi connectivity index (χ2n) is 4.34. The Balaban J connectivity index is 2.29. The smallest absolute Gasteiger partial charge is 0.326 e. The van der Waals surface area contributed by atoms with Crippen LogP contribution < -0.4 is 4.74 Å². The lowest BCUT2D eigenvalue weighted by Crippen LogP contribution is -2.41. The third-order valence-electron chi connectivity index (χ3n) is 2.96. The number of aliphatic carboxylic acids is 1. The van der Waals surface area contributed by atoms with Gasteiger partial charge in [-0.3, -0.25) is 9.69 Å². The number of carbonyl (C=O) groups is 2. The van der Waals surface area contributed by atoms with Gasteiger partial charge in [-0.25, -0.2) is 4.79 Å². The molecule has 110 valence electrons. The number of methoxy groups -OCH3 is 1. The molecule has 5 nitrogen and oxygen atoms in total. The van der Waals surface area contributed by atoms with Gasteiger partial charge in [0.1, 0.15) is 16.1 Å². The molecular weight excluding hydrogens is 310 g/mol. The van der Waals surface area contributed by atoms with E-state index in [2.05, 4.69) is 0 Å². The average molecular weight is 323 g/mol. The largest absolute Gasteiger partial charge is 0.497 e. The van der Waals surface area contributed by atoms with Crippen molar-refractivity contribution in [1.82, 2.24) is 4.90 Å². The molecule has 7 heteroatoms. The van der Waals surface area contributed by atoms with Crippen LogP contribution >= 0.6 is 24.0 Å². The molecule has 1 atom stereocenters. The Morgan fingerprint density at radius 1 is 1.52 bits per heavy atom. The fourth-order valence-electron chi connectivity index (χ4n) is 1.81. The van der Waals surface area contributed by atoms with Crippen molar-refractivity contribution in [2.45, 2.75) is 13.0 Å². The Labute approximate surface area is 131 Å². The lowest BCUT2D eigenvalue weighted by atomic mass is 10.2. The van der Waals surface area contributed by atoms with E-state index < -0.39 is 12.0 Å². The van der Waals surface area contributed by atoms with Gasteiger partial charge < -0.3 is 9.84 Å². The number of thiocarbonyl (C=S) groups is 1. The van der Waals surface area contributed by atoms with Gasteiger partial charge in [0.15, 0.2) is 0 Å². The molecule has 1 fully saturated rings. The first kappa shape index (κ1) is 15.5. The van der Waals surface area contributed by atoms with Crippen LogP contribution in [0.4, 0.5) is 0 Å². The van der Waals surface area contributed by atoms with E-state index in [9.17, 15) is 9.59 Å². The molecule has 1 aliphatic heterocycles. The van der Waals surface area contributed by atoms with Gasteiger partial charge in [0.05, 0.1) is 12.0 Å². The normalized spacial score (nSPS) is 18.2. The number of nitrogens with zero attached hydrogens (tertiary/aromatic N) is 1. The second-order valence-corrected chi connectivity index (χ2v) is 6.02. The summed E-state index contributed by atoms with van der Waals surface area (Å²) in [5, 5.41) is 9.02. The van der Waals surface area contributed by atoms with Gasteiger partial charge in [-0.1, -0.05) is 36.1 Å². The summed E-state index contributed by atoms with van der Waals surface area (Å²) in [7, 11) is 1.56. The third kappa shape index (κ3) is 3.25. The molecular formula is C14H13NO4S2. The maximum Gasteiger partial charge on any atom is 0.326 e. The molecule has 0 radical (unpaired) electrons. The van der Waals surface area contributed by atoms with Crippen molar-refractivity contribution in [2.24, 2.45) is 0 Å². The predicted octanol–water partition coefficient (Wildman–Crippen LogP) is 2.37. The molecule has 0 saturated carbocycles. The van der Waals surface area contributed by atoms with Gasteiger partial charge in [-0.05, 0) is 30.7 Å². The van der Waals surface area contributed by atoms with E-state index in [0.29, 0.717) is 10.7 Å². The van der Waals surface area contributed by atoms with Gasteiger partial charge in [-0.15, -0.1) is 0 Å². The first-order valence-electron chi connectivity index (χ1n) is 6.08. The van der Waals surface area contributed by atoms with E-state index in [0.717, 1.165) is 22.2 Å². The standard InChI is InChI=1S/C14H13NO4S2/c1-8(13(17)18)15-12(16)11(21-14(15)20)7-9-4-3-5-10(6-9)19-2/h3-8H,1-2H3,(H,17,18)/b11-7+/t8-/m1/s1. The lowest BCUT2D eigenvalue weighted by Gasteiger charge is -2.18. The number of ether oxygens (including phenoxy) is 1. The van der Waals surface area contributed by atoms with E-state index in [1.807, 2.05) is 12.1 Å². The minimum absolute atomic E-state index is 0.254. The summed E-state index contributed by atoms with van der Waals surface area (Å²) in [6, 6.07) is 6.25. The van der Waals surface area contributed by atoms with Crippen LogP contribution in [-0.2, 0) is 9.59 Å². The van der Waals surface area contributed by atoms with E-state index in [-0.39, 0.29) is 10.2 Å². The number of thioether (sulfide) groups is 1. The van der Waals surface area contributed by atoms with Crippen LogP contribution in [0.25, 0.3) is 6.08 Å². The van der Waals surface area contributed by atoms with Crippen molar-refractivity contribution in [3.8, 4) is 5.75 Å². The third-order valence-corrected chi connectivity index (χ3v) is 4.29. The zero-order valence-corrected chi connectivity index (χ0v) is 13.0. The van der Waals surface area contributed by atoms with Crippen LogP contribution in [0.15, 0.2) is 29.2 Å². The van der Waals surface area contributed by atoms with E-state index in [1.54, 1.807) is 25.3 Å². The summed E-state index contributed by atoms with van der Waals surface area (Å²) >= 11 is 6.19. The molecule has 1 aromatic carbocycles. The summed E-state index contributed by atoms with van der Waals surface area (Å²) < 4.78 is 5.38. The highest BCUT2D eigenvalue weighted by atomic mass is 32.2. The first-order valence-corrected chi connectivity index (χ1v) is 7.30. The molecule has 1 aromatic rings. The summed E-state index contributed by atoms with van der Waals surface area (Å²) in [5.41, 5.74) is 0.790. The Morgan fingerprint density at radius 3 is 2.86 bits per heavy atom. The number of carboxylic acid groups (broad SMARTS) is 1. The number of hydrogen-bond acceptors (Lipinski definition) is 5. The summed E-state index contributed by atoms with van der Waals surface area (Å²) in [4.78, 5) is 24.8. The van der Waals surface area contributed by atoms with Crippen molar-refractivity contribution < 1.29 is 19.4 Å². The Kier molecular flexibility index (Phi) is 4.64. The van der Waals surface area contributed by atoms with Gasteiger partial charge in [0, 0.05) is 0 Å². The fourth-order valence-corrected chi connectivity index (χ4v) is 3.23. The van der Waals surface area contributed by atoms with Crippen LogP contribution in [0.3, 0.4) is 0 Å². The quantitative estimate of drug-likeness (QED) is 0.678. The highest BCUT2D eigenvalue weighted by Crippen LogP contribution is 2.34. The molecule has 0 unspecified atom stereocenters. The van der Waals surface area contributed by atoms with Gasteiger partial charge in [-0.2, -0.15) is 0 Å². The molecule has 21 heavy (non-hydrogen) atoms. The number of benzene rings is 1. The molecule has 2 rings (SSSR count). The second kappa shape index (κ2) is 6.28. The van der Waals surface area contributed by atoms with Gasteiger partial charge >= 0.3 is 5.97 Å². The number of amides is 1. The zero-order chi connectivity index (χ0) is 15.6. The van der Waals surface area contributed by atoms with Crippen molar-refractivity contribution in [1.29, 1.82) is 0 Å². The molecule has 0 aliphatic carbocycles. The molecule has 0 bridgehead atoms. The Morgan fingerprint density at radius 2 is 2.24 bits per heavy atom. The molecule has 1 saturated heterocycles. The molecule has 1 amide bonds. The molecule has 1 N–H and O–H groups in total. The fraction of sp³-hybridized carbons (Fsp3) is 0.214. The molecule has 0 spiro atoms. The molecule has 1 heterocycles. The van der Waals surface area contributed by atoms with Gasteiger partial charge in [0.2, 0.25) is 0 Å². The van der Waals surface area contributed by atoms with Crippen molar-refractivity contribution in [2.75, 3.05) is 7.11 Å². The van der Waals surface area contributed by atoms with Crippen LogP contribution in [0, 0.1) is 0 Å². The minimum atomic E-state index is -1.09. The van der Waals surface area contributed by atoms with E-state index in [1.165, 1.54) is 6.92 Å². The molecule has 0 aromatic heterocycles. The maximum absolute atomic E-state index is 12.3. The predicted molar refractivity (Wildman–Crippen MR) is 85.1 cm³/mol. The Hall–Kier alpha value is -1.86. The average Bonchev–Trinajstić information content (AvgIpc) is 2.73. The summed E-state index contributed by atoms with van der Waals surface area (Å²) in [6.07, 6.45) is 1.68. The topological polar surface area (TPSA) is 66.8 Å². The highest BCUT2D eigenvalue weighted by Gasteiger charge is 2.38. The van der Waals surface area contributed by atoms with Crippen molar-refractivity contribution in [3.63, 3.8) is 0 Å². The van der Waals surface area contributed by atoms with Crippen molar-refractivity contribution in [3.05, 3.63) is 34.7 Å². The van der Waals surface area contributed by atoms with E-state index in [4.69, 9.17) is 22.1 Å². The van der Waals surface area contributed by atoms with Gasteiger partial charge in [0.25, 0.3) is 5.91 Å². The minimum Gasteiger partial charge on any atom is -0.497 e. The maximum atomic E-state index is 12.3. The number of rotatable bonds is 4. The zero-order valence-electron chi connectivity index (χ0n) is 11.4. The SMILES string of the molecule is COc1cccc(/C=C2/SC(=S)N([C@H](C)C(=O)O)C2=O)c1. The van der Waals surface area contributed by atoms with Crippen LogP contribution in [0.5, 0.6) is 5.75 Å². The number of carbonyl (C=O) groups excluding carboxylic acids is 1. The van der Waals surface area contributed by atoms with Crippen LogP contribution in [0.1, 0.15) is 12.5 Å². The van der Waals surface area contributed by atoms with E-state index >= 15 is 0 Å². The van der Waals surface area contributed by atoms with Crippen LogP contribution in [0.2, 0.25) is 0 Å². The first-order chi connectivity index (χ1) is 9.93. The number of hydrogen-bond donors (Lipinski definition) is 1. The number of carboxylic acids is 1. The lowest BCUT2D eigenvalue weighted by molar-refractivity contribution is -0.144. The summed E-state index contributed by atoms with van der Waals surface area (Å²) in [5.74, 6) is -0.796. The summed E-state index contributed by atoms with van der Waals surface area (Å²) in [6.45, 7) is 1.43. The van der Waals surface area contributed by atoms with Crippen LogP contribution in [-0.4, -0.2) is 39.4 Å². The van der Waals surface area contributed by atoms with Crippen molar-refractivity contribution >= 4 is 46.3 Å². The molecule has 1 aliphatic rings. The monoisotopic (exact) mass is 323 g/mol. The Bertz CT molecular complexity index is 642.